The topological polar surface area (TPSA) is 95.5 Å². The molecule has 0 spiro atoms. The van der Waals surface area contributed by atoms with Crippen LogP contribution in [0.4, 0.5) is 4.79 Å². The number of amides is 4. The van der Waals surface area contributed by atoms with Gasteiger partial charge in [0, 0.05) is 44.3 Å². The SMILES string of the molecule is CN(Cc1ccccc1)C(=O)NCCC(=O)NNC(=O)c1cc(Br)cn1C. The first-order valence-electron chi connectivity index (χ1n) is 8.30. The van der Waals surface area contributed by atoms with Crippen LogP contribution in [0.25, 0.3) is 0 Å². The summed E-state index contributed by atoms with van der Waals surface area (Å²) in [5, 5.41) is 2.67. The number of hydrogen-bond acceptors (Lipinski definition) is 3. The molecule has 0 saturated carbocycles. The highest BCUT2D eigenvalue weighted by atomic mass is 79.9. The van der Waals surface area contributed by atoms with Crippen molar-refractivity contribution < 1.29 is 14.4 Å². The fraction of sp³-hybridized carbons (Fsp3) is 0.278. The molecule has 0 fully saturated rings. The predicted octanol–water partition coefficient (Wildman–Crippen LogP) is 1.78. The molecule has 0 aliphatic carbocycles. The third-order valence-corrected chi connectivity index (χ3v) is 4.19. The second-order valence-corrected chi connectivity index (χ2v) is 6.90. The Morgan fingerprint density at radius 2 is 1.85 bits per heavy atom. The summed E-state index contributed by atoms with van der Waals surface area (Å²) in [6.07, 6.45) is 1.78. The average Bonchev–Trinajstić information content (AvgIpc) is 2.98. The molecular formula is C18H22BrN5O3. The van der Waals surface area contributed by atoms with Crippen LogP contribution >= 0.6 is 15.9 Å². The number of nitrogens with one attached hydrogen (secondary N) is 3. The second-order valence-electron chi connectivity index (χ2n) is 5.98. The Morgan fingerprint density at radius 1 is 1.15 bits per heavy atom. The fourth-order valence-corrected chi connectivity index (χ4v) is 2.87. The number of hydrogen-bond donors (Lipinski definition) is 3. The molecule has 0 aliphatic heterocycles. The standard InChI is InChI=1S/C18H22BrN5O3/c1-23-12-14(19)10-15(23)17(26)22-21-16(25)8-9-20-18(27)24(2)11-13-6-4-3-5-7-13/h3-7,10,12H,8-9,11H2,1-2H3,(H,20,27)(H,21,25)(H,22,26). The Balaban J connectivity index is 1.67. The molecule has 1 aromatic carbocycles. The highest BCUT2D eigenvalue weighted by molar-refractivity contribution is 9.10. The van der Waals surface area contributed by atoms with Crippen LogP contribution < -0.4 is 16.2 Å². The number of hydrazine groups is 1. The summed E-state index contributed by atoms with van der Waals surface area (Å²) in [5.41, 5.74) is 6.09. The molecule has 2 aromatic rings. The molecule has 1 aromatic heterocycles. The normalized spacial score (nSPS) is 10.2. The lowest BCUT2D eigenvalue weighted by Crippen LogP contribution is -2.44. The van der Waals surface area contributed by atoms with Crippen molar-refractivity contribution >= 4 is 33.8 Å². The van der Waals surface area contributed by atoms with E-state index in [-0.39, 0.29) is 19.0 Å². The average molecular weight is 436 g/mol. The van der Waals surface area contributed by atoms with Crippen LogP contribution in [0, 0.1) is 0 Å². The maximum Gasteiger partial charge on any atom is 0.317 e. The summed E-state index contributed by atoms with van der Waals surface area (Å²) in [6.45, 7) is 0.635. The number of carbonyl (C=O) groups is 3. The van der Waals surface area contributed by atoms with Gasteiger partial charge in [-0.1, -0.05) is 30.3 Å². The molecule has 2 rings (SSSR count). The van der Waals surface area contributed by atoms with Gasteiger partial charge < -0.3 is 14.8 Å². The zero-order valence-electron chi connectivity index (χ0n) is 15.2. The van der Waals surface area contributed by atoms with Crippen molar-refractivity contribution in [3.8, 4) is 0 Å². The molecule has 4 amide bonds. The Kier molecular flexibility index (Phi) is 7.42. The predicted molar refractivity (Wildman–Crippen MR) is 105 cm³/mol. The van der Waals surface area contributed by atoms with Gasteiger partial charge in [-0.25, -0.2) is 4.79 Å². The monoisotopic (exact) mass is 435 g/mol. The molecule has 1 heterocycles. The van der Waals surface area contributed by atoms with E-state index >= 15 is 0 Å². The maximum absolute atomic E-state index is 12.0. The quantitative estimate of drug-likeness (QED) is 0.603. The molecule has 27 heavy (non-hydrogen) atoms. The van der Waals surface area contributed by atoms with E-state index in [1.807, 2.05) is 30.3 Å². The number of urea groups is 1. The largest absolute Gasteiger partial charge is 0.345 e. The van der Waals surface area contributed by atoms with E-state index in [0.29, 0.717) is 12.2 Å². The van der Waals surface area contributed by atoms with Crippen molar-refractivity contribution in [3.05, 3.63) is 58.3 Å². The van der Waals surface area contributed by atoms with Gasteiger partial charge >= 0.3 is 6.03 Å². The number of aromatic nitrogens is 1. The first kappa shape index (κ1) is 20.5. The Morgan fingerprint density at radius 3 is 2.48 bits per heavy atom. The number of nitrogens with zero attached hydrogens (tertiary/aromatic N) is 2. The summed E-state index contributed by atoms with van der Waals surface area (Å²) in [4.78, 5) is 37.3. The lowest BCUT2D eigenvalue weighted by Gasteiger charge is -2.18. The number of carbonyl (C=O) groups excluding carboxylic acids is 3. The van der Waals surface area contributed by atoms with Gasteiger partial charge in [0.15, 0.2) is 0 Å². The van der Waals surface area contributed by atoms with Crippen molar-refractivity contribution in [2.75, 3.05) is 13.6 Å². The molecule has 0 atom stereocenters. The smallest absolute Gasteiger partial charge is 0.317 e. The number of halogens is 1. The number of benzene rings is 1. The number of rotatable bonds is 6. The maximum atomic E-state index is 12.0. The summed E-state index contributed by atoms with van der Waals surface area (Å²) in [7, 11) is 3.41. The molecule has 3 N–H and O–H groups in total. The van der Waals surface area contributed by atoms with E-state index in [0.717, 1.165) is 10.0 Å². The van der Waals surface area contributed by atoms with Crippen LogP contribution in [-0.2, 0) is 18.4 Å². The lowest BCUT2D eigenvalue weighted by atomic mass is 10.2. The van der Waals surface area contributed by atoms with Gasteiger partial charge in [-0.2, -0.15) is 0 Å². The van der Waals surface area contributed by atoms with E-state index in [9.17, 15) is 14.4 Å². The van der Waals surface area contributed by atoms with Crippen molar-refractivity contribution in [2.45, 2.75) is 13.0 Å². The van der Waals surface area contributed by atoms with Crippen molar-refractivity contribution in [1.29, 1.82) is 0 Å². The third kappa shape index (κ3) is 6.45. The van der Waals surface area contributed by atoms with Crippen LogP contribution in [0.5, 0.6) is 0 Å². The van der Waals surface area contributed by atoms with E-state index in [1.54, 1.807) is 30.9 Å². The Hall–Kier alpha value is -2.81. The van der Waals surface area contributed by atoms with Crippen LogP contribution in [0.1, 0.15) is 22.5 Å². The Bertz CT molecular complexity index is 807. The lowest BCUT2D eigenvalue weighted by molar-refractivity contribution is -0.121. The van der Waals surface area contributed by atoms with E-state index in [2.05, 4.69) is 32.1 Å². The van der Waals surface area contributed by atoms with Gasteiger partial charge in [0.05, 0.1) is 0 Å². The first-order valence-corrected chi connectivity index (χ1v) is 9.10. The molecule has 9 heteroatoms. The van der Waals surface area contributed by atoms with Gasteiger partial charge in [-0.05, 0) is 27.6 Å². The van der Waals surface area contributed by atoms with E-state index < -0.39 is 11.8 Å². The minimum absolute atomic E-state index is 0.0437. The molecule has 144 valence electrons. The van der Waals surface area contributed by atoms with Crippen molar-refractivity contribution in [1.82, 2.24) is 25.6 Å². The molecule has 0 saturated heterocycles. The fourth-order valence-electron chi connectivity index (χ4n) is 2.35. The van der Waals surface area contributed by atoms with Gasteiger partial charge in [-0.3, -0.25) is 20.4 Å². The van der Waals surface area contributed by atoms with Gasteiger partial charge in [0.2, 0.25) is 5.91 Å². The van der Waals surface area contributed by atoms with Gasteiger partial charge in [0.25, 0.3) is 5.91 Å². The first-order chi connectivity index (χ1) is 12.9. The van der Waals surface area contributed by atoms with Crippen LogP contribution in [-0.4, -0.2) is 40.9 Å². The Labute approximate surface area is 166 Å². The van der Waals surface area contributed by atoms with Gasteiger partial charge in [0.1, 0.15) is 5.69 Å². The molecule has 0 unspecified atom stereocenters. The van der Waals surface area contributed by atoms with Crippen molar-refractivity contribution in [3.63, 3.8) is 0 Å². The zero-order chi connectivity index (χ0) is 19.8. The third-order valence-electron chi connectivity index (χ3n) is 3.76. The highest BCUT2D eigenvalue weighted by Gasteiger charge is 2.13. The summed E-state index contributed by atoms with van der Waals surface area (Å²) in [5.74, 6) is -0.828. The van der Waals surface area contributed by atoms with Crippen molar-refractivity contribution in [2.24, 2.45) is 7.05 Å². The molecule has 0 aliphatic rings. The summed E-state index contributed by atoms with van der Waals surface area (Å²) < 4.78 is 2.40. The molecule has 8 nitrogen and oxygen atoms in total. The summed E-state index contributed by atoms with van der Waals surface area (Å²) in [6, 6.07) is 11.0. The zero-order valence-corrected chi connectivity index (χ0v) is 16.7. The molecule has 0 bridgehead atoms. The van der Waals surface area contributed by atoms with E-state index in [4.69, 9.17) is 0 Å². The van der Waals surface area contributed by atoms with Gasteiger partial charge in [-0.15, -0.1) is 0 Å². The van der Waals surface area contributed by atoms with E-state index in [1.165, 1.54) is 4.90 Å². The minimum Gasteiger partial charge on any atom is -0.345 e. The van der Waals surface area contributed by atoms with Crippen LogP contribution in [0.3, 0.4) is 0 Å². The molecule has 0 radical (unpaired) electrons. The molecular weight excluding hydrogens is 414 g/mol. The minimum atomic E-state index is -0.428. The van der Waals surface area contributed by atoms with Crippen LogP contribution in [0.15, 0.2) is 47.1 Å². The second kappa shape index (κ2) is 9.77. The highest BCUT2D eigenvalue weighted by Crippen LogP contribution is 2.13. The number of aryl methyl sites for hydroxylation is 1. The summed E-state index contributed by atoms with van der Waals surface area (Å²) >= 11 is 3.28. The van der Waals surface area contributed by atoms with Crippen LogP contribution in [0.2, 0.25) is 0 Å².